The van der Waals surface area contributed by atoms with Gasteiger partial charge in [-0.2, -0.15) is 0 Å². The summed E-state index contributed by atoms with van der Waals surface area (Å²) in [4.78, 5) is 12.4. The summed E-state index contributed by atoms with van der Waals surface area (Å²) in [5, 5.41) is 3.28. The lowest BCUT2D eigenvalue weighted by Crippen LogP contribution is -2.24. The van der Waals surface area contributed by atoms with Crippen molar-refractivity contribution in [2.75, 3.05) is 5.32 Å². The van der Waals surface area contributed by atoms with Crippen LogP contribution in [-0.2, 0) is 19.4 Å². The number of hydrogen-bond donors (Lipinski definition) is 3. The van der Waals surface area contributed by atoms with Gasteiger partial charge in [-0.1, -0.05) is 44.2 Å². The first kappa shape index (κ1) is 20.2. The number of aromatic amines is 1. The second-order valence-corrected chi connectivity index (χ2v) is 6.14. The van der Waals surface area contributed by atoms with Gasteiger partial charge in [-0.15, -0.1) is 24.0 Å². The molecule has 6 heteroatoms. The third kappa shape index (κ3) is 4.35. The van der Waals surface area contributed by atoms with Crippen LogP contribution in [0.15, 0.2) is 41.4 Å². The van der Waals surface area contributed by atoms with Crippen molar-refractivity contribution in [2.45, 2.75) is 40.2 Å². The average molecular weight is 463 g/mol. The maximum atomic E-state index is 6.12. The number of fused-ring (bicyclic) bond motifs is 1. The number of halogens is 1. The van der Waals surface area contributed by atoms with Gasteiger partial charge in [0, 0.05) is 5.69 Å². The number of para-hydroxylation sites is 2. The van der Waals surface area contributed by atoms with Crippen molar-refractivity contribution in [3.8, 4) is 0 Å². The molecule has 4 N–H and O–H groups in total. The molecule has 3 aromatic rings. The van der Waals surface area contributed by atoms with E-state index < -0.39 is 0 Å². The van der Waals surface area contributed by atoms with Crippen molar-refractivity contribution in [3.63, 3.8) is 0 Å². The lowest BCUT2D eigenvalue weighted by molar-refractivity contribution is 0.953. The Balaban J connectivity index is 0.00000243. The number of benzene rings is 2. The molecule has 26 heavy (non-hydrogen) atoms. The summed E-state index contributed by atoms with van der Waals surface area (Å²) in [5.74, 6) is 1.22. The van der Waals surface area contributed by atoms with Crippen LogP contribution >= 0.6 is 24.0 Å². The summed E-state index contributed by atoms with van der Waals surface area (Å²) >= 11 is 0. The Morgan fingerprint density at radius 1 is 1.12 bits per heavy atom. The molecule has 0 saturated carbocycles. The van der Waals surface area contributed by atoms with Gasteiger partial charge in [-0.25, -0.2) is 9.98 Å². The molecule has 1 aromatic heterocycles. The first-order chi connectivity index (χ1) is 12.1. The molecule has 0 fully saturated rings. The fraction of sp³-hybridized carbons (Fsp3) is 0.300. The van der Waals surface area contributed by atoms with E-state index in [1.807, 2.05) is 12.1 Å². The van der Waals surface area contributed by atoms with Crippen molar-refractivity contribution in [2.24, 2.45) is 10.7 Å². The minimum atomic E-state index is 0. The first-order valence-corrected chi connectivity index (χ1v) is 8.74. The zero-order chi connectivity index (χ0) is 17.8. The molecule has 0 amide bonds. The van der Waals surface area contributed by atoms with Crippen molar-refractivity contribution in [1.29, 1.82) is 0 Å². The summed E-state index contributed by atoms with van der Waals surface area (Å²) in [6.07, 6.45) is 1.90. The van der Waals surface area contributed by atoms with Crippen LogP contribution < -0.4 is 11.1 Å². The van der Waals surface area contributed by atoms with E-state index in [0.717, 1.165) is 41.0 Å². The third-order valence-corrected chi connectivity index (χ3v) is 4.41. The molecule has 3 rings (SSSR count). The number of aromatic nitrogens is 2. The number of nitrogens with zero attached hydrogens (tertiary/aromatic N) is 2. The van der Waals surface area contributed by atoms with Crippen molar-refractivity contribution in [3.05, 3.63) is 58.9 Å². The second-order valence-electron chi connectivity index (χ2n) is 6.14. The highest BCUT2D eigenvalue weighted by Gasteiger charge is 2.08. The zero-order valence-corrected chi connectivity index (χ0v) is 17.8. The Morgan fingerprint density at radius 2 is 1.77 bits per heavy atom. The van der Waals surface area contributed by atoms with Gasteiger partial charge in [-0.05, 0) is 42.5 Å². The van der Waals surface area contributed by atoms with E-state index in [-0.39, 0.29) is 24.0 Å². The van der Waals surface area contributed by atoms with Gasteiger partial charge in [0.1, 0.15) is 12.4 Å². The molecule has 0 spiro atoms. The predicted molar refractivity (Wildman–Crippen MR) is 120 cm³/mol. The normalized spacial score (nSPS) is 11.4. The minimum absolute atomic E-state index is 0. The van der Waals surface area contributed by atoms with E-state index in [9.17, 15) is 0 Å². The molecule has 0 aliphatic heterocycles. The molecule has 0 atom stereocenters. The molecule has 0 bridgehead atoms. The molecular formula is C20H26IN5. The molecule has 1 heterocycles. The lowest BCUT2D eigenvalue weighted by Gasteiger charge is -2.14. The summed E-state index contributed by atoms with van der Waals surface area (Å²) in [7, 11) is 0. The number of hydrogen-bond acceptors (Lipinski definition) is 2. The number of anilines is 1. The highest BCUT2D eigenvalue weighted by atomic mass is 127. The lowest BCUT2D eigenvalue weighted by atomic mass is 10.0. The fourth-order valence-corrected chi connectivity index (χ4v) is 3.03. The predicted octanol–water partition coefficient (Wildman–Crippen LogP) is 4.54. The SMILES string of the molecule is CCc1cccc(CC)c1NC(N)=NCc1nc2c(C)cccc2[nH]1.I. The molecule has 0 aliphatic carbocycles. The Hall–Kier alpha value is -2.09. The number of H-pyrrole nitrogens is 1. The molecule has 2 aromatic carbocycles. The molecule has 0 saturated heterocycles. The van der Waals surface area contributed by atoms with Crippen LogP contribution in [0, 0.1) is 6.92 Å². The molecule has 138 valence electrons. The smallest absolute Gasteiger partial charge is 0.193 e. The Bertz CT molecular complexity index is 891. The van der Waals surface area contributed by atoms with Gasteiger partial charge in [0.15, 0.2) is 5.96 Å². The van der Waals surface area contributed by atoms with Gasteiger partial charge in [0.05, 0.1) is 11.0 Å². The standard InChI is InChI=1S/C20H25N5.HI/c1-4-14-9-7-10-15(5-2)19(14)25-20(21)22-12-17-23-16-11-6-8-13(3)18(16)24-17;/h6-11H,4-5,12H2,1-3H3,(H,23,24)(H3,21,22,25);1H. The van der Waals surface area contributed by atoms with Gasteiger partial charge in [-0.3, -0.25) is 0 Å². The van der Waals surface area contributed by atoms with Crippen molar-refractivity contribution < 1.29 is 0 Å². The van der Waals surface area contributed by atoms with Crippen LogP contribution in [0.4, 0.5) is 5.69 Å². The molecule has 5 nitrogen and oxygen atoms in total. The van der Waals surface area contributed by atoms with E-state index in [2.05, 4.69) is 65.3 Å². The molecule has 0 unspecified atom stereocenters. The number of rotatable bonds is 5. The largest absolute Gasteiger partial charge is 0.370 e. The van der Waals surface area contributed by atoms with Gasteiger partial charge in [0.2, 0.25) is 0 Å². The minimum Gasteiger partial charge on any atom is -0.370 e. The fourth-order valence-electron chi connectivity index (χ4n) is 3.03. The van der Waals surface area contributed by atoms with Crippen LogP contribution in [0.1, 0.15) is 36.4 Å². The van der Waals surface area contributed by atoms with Crippen LogP contribution in [0.3, 0.4) is 0 Å². The van der Waals surface area contributed by atoms with E-state index in [4.69, 9.17) is 5.73 Å². The first-order valence-electron chi connectivity index (χ1n) is 8.74. The monoisotopic (exact) mass is 463 g/mol. The van der Waals surface area contributed by atoms with E-state index in [1.54, 1.807) is 0 Å². The van der Waals surface area contributed by atoms with E-state index in [0.29, 0.717) is 12.5 Å². The summed E-state index contributed by atoms with van der Waals surface area (Å²) < 4.78 is 0. The van der Waals surface area contributed by atoms with Crippen LogP contribution in [-0.4, -0.2) is 15.9 Å². The van der Waals surface area contributed by atoms with Gasteiger partial charge >= 0.3 is 0 Å². The van der Waals surface area contributed by atoms with Gasteiger partial charge in [0.25, 0.3) is 0 Å². The average Bonchev–Trinajstić information content (AvgIpc) is 3.05. The van der Waals surface area contributed by atoms with Crippen LogP contribution in [0.5, 0.6) is 0 Å². The van der Waals surface area contributed by atoms with Crippen LogP contribution in [0.2, 0.25) is 0 Å². The third-order valence-electron chi connectivity index (χ3n) is 4.41. The number of nitrogens with one attached hydrogen (secondary N) is 2. The summed E-state index contributed by atoms with van der Waals surface area (Å²) in [6, 6.07) is 12.4. The van der Waals surface area contributed by atoms with Gasteiger partial charge < -0.3 is 16.0 Å². The number of guanidine groups is 1. The Kier molecular flexibility index (Phi) is 7.02. The highest BCUT2D eigenvalue weighted by Crippen LogP contribution is 2.22. The Labute approximate surface area is 171 Å². The quantitative estimate of drug-likeness (QED) is 0.295. The van der Waals surface area contributed by atoms with E-state index in [1.165, 1.54) is 11.1 Å². The molecule has 0 aliphatic rings. The summed E-state index contributed by atoms with van der Waals surface area (Å²) in [6.45, 7) is 6.76. The van der Waals surface area contributed by atoms with Crippen LogP contribution in [0.25, 0.3) is 11.0 Å². The molecule has 0 radical (unpaired) electrons. The number of imidazole rings is 1. The molecular weight excluding hydrogens is 437 g/mol. The maximum Gasteiger partial charge on any atom is 0.193 e. The van der Waals surface area contributed by atoms with Crippen molar-refractivity contribution in [1.82, 2.24) is 9.97 Å². The zero-order valence-electron chi connectivity index (χ0n) is 15.5. The number of nitrogens with two attached hydrogens (primary N) is 1. The second kappa shape index (κ2) is 9.02. The Morgan fingerprint density at radius 3 is 2.38 bits per heavy atom. The van der Waals surface area contributed by atoms with Crippen molar-refractivity contribution >= 4 is 46.7 Å². The number of aryl methyl sites for hydroxylation is 3. The highest BCUT2D eigenvalue weighted by molar-refractivity contribution is 14.0. The topological polar surface area (TPSA) is 79.1 Å². The maximum absolute atomic E-state index is 6.12. The van der Waals surface area contributed by atoms with E-state index >= 15 is 0 Å². The summed E-state index contributed by atoms with van der Waals surface area (Å²) in [5.41, 5.74) is 12.9. The number of aliphatic imine (C=N–C) groups is 1.